The molecule has 0 aliphatic carbocycles. The summed E-state index contributed by atoms with van der Waals surface area (Å²) in [6.45, 7) is 9.47. The third-order valence-electron chi connectivity index (χ3n) is 9.32. The van der Waals surface area contributed by atoms with E-state index in [2.05, 4.69) is 43.0 Å². The maximum absolute atomic E-state index is 2.70. The summed E-state index contributed by atoms with van der Waals surface area (Å²) in [7, 11) is 0. The molecular weight excluding hydrogens is 484 g/mol. The van der Waals surface area contributed by atoms with E-state index in [0.717, 1.165) is 0 Å². The molecule has 40 heavy (non-hydrogen) atoms. The van der Waals surface area contributed by atoms with Crippen molar-refractivity contribution < 1.29 is 0 Å². The molecular formula is C38H76N2. The topological polar surface area (TPSA) is 6.48 Å². The van der Waals surface area contributed by atoms with Crippen molar-refractivity contribution in [2.24, 2.45) is 0 Å². The first-order valence-corrected chi connectivity index (χ1v) is 19.0. The molecule has 1 heterocycles. The molecule has 0 aromatic heterocycles. The van der Waals surface area contributed by atoms with Gasteiger partial charge in [-0.1, -0.05) is 188 Å². The van der Waals surface area contributed by atoms with Crippen molar-refractivity contribution in [3.8, 4) is 0 Å². The maximum atomic E-state index is 2.70. The van der Waals surface area contributed by atoms with Gasteiger partial charge in [-0.25, -0.2) is 0 Å². The molecule has 1 atom stereocenters. The summed E-state index contributed by atoms with van der Waals surface area (Å²) in [6, 6.07) is 0. The fraction of sp³-hybridized carbons (Fsp3) is 0.947. The molecule has 1 rings (SSSR count). The minimum absolute atomic E-state index is 0.641. The van der Waals surface area contributed by atoms with Crippen LogP contribution in [0.3, 0.4) is 0 Å². The Morgan fingerprint density at radius 3 is 0.900 bits per heavy atom. The number of nitrogens with zero attached hydrogens (tertiary/aromatic N) is 2. The molecule has 0 aromatic carbocycles. The summed E-state index contributed by atoms with van der Waals surface area (Å²) in [4.78, 5) is 5.39. The van der Waals surface area contributed by atoms with Gasteiger partial charge in [0.2, 0.25) is 0 Å². The molecule has 238 valence electrons. The van der Waals surface area contributed by atoms with E-state index < -0.39 is 0 Å². The monoisotopic (exact) mass is 561 g/mol. The molecule has 0 aromatic rings. The van der Waals surface area contributed by atoms with Crippen LogP contribution in [0.25, 0.3) is 0 Å². The van der Waals surface area contributed by atoms with Gasteiger partial charge in [0.1, 0.15) is 6.17 Å². The lowest BCUT2D eigenvalue weighted by Gasteiger charge is -2.33. The molecule has 0 radical (unpaired) electrons. The van der Waals surface area contributed by atoms with Crippen LogP contribution in [0.1, 0.15) is 213 Å². The van der Waals surface area contributed by atoms with Crippen molar-refractivity contribution in [3.05, 3.63) is 12.4 Å². The average Bonchev–Trinajstić information content (AvgIpc) is 3.35. The number of hydrogen-bond donors (Lipinski definition) is 0. The van der Waals surface area contributed by atoms with Crippen LogP contribution in [0.5, 0.6) is 0 Å². The van der Waals surface area contributed by atoms with Gasteiger partial charge >= 0.3 is 0 Å². The maximum Gasteiger partial charge on any atom is 0.101 e. The van der Waals surface area contributed by atoms with Gasteiger partial charge in [-0.05, 0) is 25.7 Å². The van der Waals surface area contributed by atoms with Gasteiger partial charge in [0.25, 0.3) is 0 Å². The Kier molecular flexibility index (Phi) is 27.9. The van der Waals surface area contributed by atoms with Crippen molar-refractivity contribution in [1.82, 2.24) is 9.80 Å². The fourth-order valence-corrected chi connectivity index (χ4v) is 6.54. The van der Waals surface area contributed by atoms with Crippen LogP contribution in [-0.2, 0) is 0 Å². The molecule has 2 heteroatoms. The van der Waals surface area contributed by atoms with Crippen molar-refractivity contribution in [2.75, 3.05) is 13.1 Å². The predicted molar refractivity (Wildman–Crippen MR) is 182 cm³/mol. The van der Waals surface area contributed by atoms with Crippen LogP contribution in [0.2, 0.25) is 0 Å². The Balaban J connectivity index is 2.10. The lowest BCUT2D eigenvalue weighted by Crippen LogP contribution is -2.39. The molecule has 1 aliphatic rings. The SMILES string of the molecule is CCCCCCCCCCCCCCCCCCC1N(CCCCCC)C=CN1CCCCCCCCCCC. The molecule has 0 bridgehead atoms. The van der Waals surface area contributed by atoms with Crippen molar-refractivity contribution in [3.63, 3.8) is 0 Å². The highest BCUT2D eigenvalue weighted by Crippen LogP contribution is 2.24. The van der Waals surface area contributed by atoms with Gasteiger partial charge in [0.15, 0.2) is 0 Å². The summed E-state index contributed by atoms with van der Waals surface area (Å²) in [5, 5.41) is 0. The molecule has 0 saturated heterocycles. The van der Waals surface area contributed by atoms with E-state index in [1.165, 1.54) is 206 Å². The zero-order chi connectivity index (χ0) is 28.8. The Hall–Kier alpha value is -0.660. The van der Waals surface area contributed by atoms with Crippen molar-refractivity contribution in [1.29, 1.82) is 0 Å². The van der Waals surface area contributed by atoms with Crippen LogP contribution in [0, 0.1) is 0 Å². The molecule has 0 saturated carbocycles. The predicted octanol–water partition coefficient (Wildman–Crippen LogP) is 13.2. The molecule has 0 amide bonds. The molecule has 0 N–H and O–H groups in total. The highest BCUT2D eigenvalue weighted by molar-refractivity contribution is 4.97. The molecule has 1 unspecified atom stereocenters. The second-order valence-electron chi connectivity index (χ2n) is 13.2. The largest absolute Gasteiger partial charge is 0.356 e. The van der Waals surface area contributed by atoms with Gasteiger partial charge in [0.05, 0.1) is 0 Å². The van der Waals surface area contributed by atoms with Crippen LogP contribution < -0.4 is 0 Å². The van der Waals surface area contributed by atoms with E-state index in [4.69, 9.17) is 0 Å². The molecule has 1 aliphatic heterocycles. The van der Waals surface area contributed by atoms with Gasteiger partial charge in [-0.15, -0.1) is 0 Å². The van der Waals surface area contributed by atoms with E-state index in [0.29, 0.717) is 6.17 Å². The molecule has 2 nitrogen and oxygen atoms in total. The lowest BCUT2D eigenvalue weighted by molar-refractivity contribution is 0.135. The van der Waals surface area contributed by atoms with Crippen LogP contribution in [0.4, 0.5) is 0 Å². The molecule has 0 fully saturated rings. The third kappa shape index (κ3) is 22.0. The van der Waals surface area contributed by atoms with Crippen LogP contribution in [0.15, 0.2) is 12.4 Å². The minimum atomic E-state index is 0.641. The lowest BCUT2D eigenvalue weighted by atomic mass is 10.0. The van der Waals surface area contributed by atoms with E-state index in [1.54, 1.807) is 0 Å². The highest BCUT2D eigenvalue weighted by atomic mass is 15.4. The van der Waals surface area contributed by atoms with Crippen molar-refractivity contribution in [2.45, 2.75) is 220 Å². The molecule has 0 spiro atoms. The van der Waals surface area contributed by atoms with E-state index in [9.17, 15) is 0 Å². The Bertz CT molecular complexity index is 516. The fourth-order valence-electron chi connectivity index (χ4n) is 6.54. The van der Waals surface area contributed by atoms with Crippen LogP contribution >= 0.6 is 0 Å². The zero-order valence-electron chi connectivity index (χ0n) is 28.3. The van der Waals surface area contributed by atoms with Crippen LogP contribution in [-0.4, -0.2) is 29.1 Å². The van der Waals surface area contributed by atoms with E-state index in [1.807, 2.05) is 0 Å². The Morgan fingerprint density at radius 2 is 0.575 bits per heavy atom. The summed E-state index contributed by atoms with van der Waals surface area (Å²) >= 11 is 0. The normalized spacial score (nSPS) is 15.1. The minimum Gasteiger partial charge on any atom is -0.356 e. The van der Waals surface area contributed by atoms with E-state index in [-0.39, 0.29) is 0 Å². The Morgan fingerprint density at radius 1 is 0.325 bits per heavy atom. The Labute approximate surface area is 254 Å². The summed E-state index contributed by atoms with van der Waals surface area (Å²) in [5.41, 5.74) is 0. The smallest absolute Gasteiger partial charge is 0.101 e. The van der Waals surface area contributed by atoms with Gasteiger partial charge < -0.3 is 9.80 Å². The average molecular weight is 561 g/mol. The second-order valence-corrected chi connectivity index (χ2v) is 13.2. The first-order valence-electron chi connectivity index (χ1n) is 19.0. The number of unbranched alkanes of at least 4 members (excludes halogenated alkanes) is 26. The summed E-state index contributed by atoms with van der Waals surface area (Å²) < 4.78 is 0. The first-order chi connectivity index (χ1) is 19.8. The van der Waals surface area contributed by atoms with Crippen molar-refractivity contribution >= 4 is 0 Å². The van der Waals surface area contributed by atoms with Gasteiger partial charge in [-0.2, -0.15) is 0 Å². The van der Waals surface area contributed by atoms with E-state index >= 15 is 0 Å². The highest BCUT2D eigenvalue weighted by Gasteiger charge is 2.24. The quantitative estimate of drug-likeness (QED) is 0.0755. The zero-order valence-corrected chi connectivity index (χ0v) is 28.3. The summed E-state index contributed by atoms with van der Waals surface area (Å²) in [5.74, 6) is 0. The number of rotatable bonds is 32. The number of hydrogen-bond acceptors (Lipinski definition) is 2. The first kappa shape index (κ1) is 37.4. The second kappa shape index (κ2) is 29.8. The van der Waals surface area contributed by atoms with Gasteiger partial charge in [0, 0.05) is 25.5 Å². The third-order valence-corrected chi connectivity index (χ3v) is 9.32. The summed E-state index contributed by atoms with van der Waals surface area (Å²) in [6.07, 6.45) is 48.5. The van der Waals surface area contributed by atoms with Gasteiger partial charge in [-0.3, -0.25) is 0 Å². The standard InChI is InChI=1S/C38H76N2/c1-4-7-10-13-15-17-18-19-20-21-22-23-24-26-28-30-33-38-39(34-31-12-9-6-3)36-37-40(38)35-32-29-27-25-16-14-11-8-5-2/h36-38H,4-35H2,1-3H3.